The molecule has 0 amide bonds. The van der Waals surface area contributed by atoms with Crippen LogP contribution >= 0.6 is 0 Å². The number of benzene rings is 1. The molecule has 1 aromatic rings. The highest BCUT2D eigenvalue weighted by atomic mass is 32.2. The third kappa shape index (κ3) is 3.42. The number of para-hydroxylation sites is 1. The Morgan fingerprint density at radius 1 is 1.36 bits per heavy atom. The van der Waals surface area contributed by atoms with Crippen molar-refractivity contribution in [3.63, 3.8) is 0 Å². The lowest BCUT2D eigenvalue weighted by atomic mass is 10.1. The summed E-state index contributed by atoms with van der Waals surface area (Å²) in [4.78, 5) is 21.5. The number of nitrogens with zero attached hydrogens (tertiary/aromatic N) is 2. The zero-order chi connectivity index (χ0) is 16.3. The van der Waals surface area contributed by atoms with Crippen molar-refractivity contribution in [3.05, 3.63) is 39.9 Å². The quantitative estimate of drug-likeness (QED) is 0.644. The van der Waals surface area contributed by atoms with Gasteiger partial charge in [-0.05, 0) is 19.3 Å². The molecule has 0 spiro atoms. The molecule has 0 aromatic heterocycles. The zero-order valence-electron chi connectivity index (χ0n) is 11.7. The van der Waals surface area contributed by atoms with Gasteiger partial charge in [0.15, 0.2) is 0 Å². The minimum atomic E-state index is -3.94. The lowest BCUT2D eigenvalue weighted by Gasteiger charge is -2.31. The number of rotatable bonds is 5. The highest BCUT2D eigenvalue weighted by molar-refractivity contribution is 7.88. The van der Waals surface area contributed by atoms with Crippen LogP contribution in [-0.2, 0) is 20.6 Å². The van der Waals surface area contributed by atoms with Crippen LogP contribution in [0.15, 0.2) is 24.3 Å². The molecule has 1 atom stereocenters. The first kappa shape index (κ1) is 16.4. The van der Waals surface area contributed by atoms with Crippen LogP contribution in [0, 0.1) is 10.1 Å². The number of sulfonamides is 1. The van der Waals surface area contributed by atoms with Gasteiger partial charge in [-0.15, -0.1) is 0 Å². The van der Waals surface area contributed by atoms with Crippen molar-refractivity contribution in [1.29, 1.82) is 0 Å². The van der Waals surface area contributed by atoms with Crippen LogP contribution in [0.4, 0.5) is 5.69 Å². The molecule has 0 saturated carbocycles. The molecule has 0 bridgehead atoms. The number of hydrogen-bond acceptors (Lipinski definition) is 5. The number of carbonyl (C=O) groups is 1. The van der Waals surface area contributed by atoms with E-state index < -0.39 is 32.7 Å². The number of nitro benzene ring substituents is 1. The van der Waals surface area contributed by atoms with E-state index in [-0.39, 0.29) is 24.2 Å². The number of hydrogen-bond donors (Lipinski definition) is 1. The van der Waals surface area contributed by atoms with Gasteiger partial charge in [0, 0.05) is 18.2 Å². The van der Waals surface area contributed by atoms with E-state index in [1.54, 1.807) is 0 Å². The summed E-state index contributed by atoms with van der Waals surface area (Å²) in [5, 5.41) is 20.1. The number of carboxylic acids is 1. The van der Waals surface area contributed by atoms with Crippen LogP contribution in [0.1, 0.15) is 24.8 Å². The Hall–Kier alpha value is -2.00. The predicted molar refractivity (Wildman–Crippen MR) is 77.7 cm³/mol. The smallest absolute Gasteiger partial charge is 0.322 e. The molecule has 120 valence electrons. The van der Waals surface area contributed by atoms with Crippen LogP contribution in [0.3, 0.4) is 0 Å². The van der Waals surface area contributed by atoms with Crippen LogP contribution in [0.2, 0.25) is 0 Å². The molecule has 1 fully saturated rings. The Bertz CT molecular complexity index is 688. The van der Waals surface area contributed by atoms with Crippen molar-refractivity contribution in [2.45, 2.75) is 31.1 Å². The average Bonchev–Trinajstić information content (AvgIpc) is 2.47. The van der Waals surface area contributed by atoms with E-state index in [1.165, 1.54) is 24.3 Å². The molecule has 0 radical (unpaired) electrons. The maximum absolute atomic E-state index is 12.5. The number of carboxylic acid groups (broad SMARTS) is 1. The third-order valence-electron chi connectivity index (χ3n) is 3.62. The zero-order valence-corrected chi connectivity index (χ0v) is 12.5. The van der Waals surface area contributed by atoms with E-state index in [0.29, 0.717) is 12.8 Å². The number of piperidine rings is 1. The molecule has 1 heterocycles. The third-order valence-corrected chi connectivity index (χ3v) is 5.45. The molecule has 22 heavy (non-hydrogen) atoms. The van der Waals surface area contributed by atoms with Crippen LogP contribution < -0.4 is 0 Å². The summed E-state index contributed by atoms with van der Waals surface area (Å²) >= 11 is 0. The number of aliphatic carboxylic acids is 1. The first-order chi connectivity index (χ1) is 10.3. The summed E-state index contributed by atoms with van der Waals surface area (Å²) < 4.78 is 25.9. The van der Waals surface area contributed by atoms with E-state index >= 15 is 0 Å². The summed E-state index contributed by atoms with van der Waals surface area (Å²) in [6, 6.07) is 4.48. The second kappa shape index (κ2) is 6.41. The Balaban J connectivity index is 2.31. The molecule has 1 unspecified atom stereocenters. The normalized spacial score (nSPS) is 19.7. The fourth-order valence-corrected chi connectivity index (χ4v) is 4.37. The summed E-state index contributed by atoms with van der Waals surface area (Å²) in [7, 11) is -3.94. The second-order valence-electron chi connectivity index (χ2n) is 5.10. The molecule has 8 nitrogen and oxygen atoms in total. The van der Waals surface area contributed by atoms with Gasteiger partial charge in [0.2, 0.25) is 10.0 Å². The van der Waals surface area contributed by atoms with E-state index in [4.69, 9.17) is 5.11 Å². The van der Waals surface area contributed by atoms with Crippen molar-refractivity contribution in [1.82, 2.24) is 4.31 Å². The molecule has 1 aliphatic rings. The van der Waals surface area contributed by atoms with Gasteiger partial charge in [-0.25, -0.2) is 8.42 Å². The van der Waals surface area contributed by atoms with Gasteiger partial charge < -0.3 is 5.11 Å². The van der Waals surface area contributed by atoms with Crippen molar-refractivity contribution in [2.24, 2.45) is 0 Å². The first-order valence-electron chi connectivity index (χ1n) is 6.77. The average molecular weight is 328 g/mol. The molecule has 1 aliphatic heterocycles. The van der Waals surface area contributed by atoms with E-state index in [9.17, 15) is 23.3 Å². The van der Waals surface area contributed by atoms with Crippen LogP contribution in [0.25, 0.3) is 0 Å². The van der Waals surface area contributed by atoms with E-state index in [1.807, 2.05) is 0 Å². The first-order valence-corrected chi connectivity index (χ1v) is 8.38. The Morgan fingerprint density at radius 3 is 2.68 bits per heavy atom. The van der Waals surface area contributed by atoms with Gasteiger partial charge >= 0.3 is 5.97 Å². The largest absolute Gasteiger partial charge is 0.480 e. The van der Waals surface area contributed by atoms with Gasteiger partial charge in [0.25, 0.3) is 5.69 Å². The standard InChI is InChI=1S/C13H16N2O6S/c16-13(17)12-7-3-4-8-14(12)22(20,21)9-10-5-1-2-6-11(10)15(18)19/h1-2,5-6,12H,3-4,7-9H2,(H,16,17). The van der Waals surface area contributed by atoms with Gasteiger partial charge in [0.05, 0.1) is 10.7 Å². The SMILES string of the molecule is O=C(O)C1CCCCN1S(=O)(=O)Cc1ccccc1[N+](=O)[O-]. The minimum Gasteiger partial charge on any atom is -0.480 e. The fraction of sp³-hybridized carbons (Fsp3) is 0.462. The lowest BCUT2D eigenvalue weighted by Crippen LogP contribution is -2.48. The van der Waals surface area contributed by atoms with E-state index in [2.05, 4.69) is 0 Å². The van der Waals surface area contributed by atoms with Gasteiger partial charge in [-0.2, -0.15) is 4.31 Å². The summed E-state index contributed by atoms with van der Waals surface area (Å²) in [6.07, 6.45) is 1.49. The van der Waals surface area contributed by atoms with Gasteiger partial charge in [-0.1, -0.05) is 18.2 Å². The highest BCUT2D eigenvalue weighted by Crippen LogP contribution is 2.26. The molecule has 1 saturated heterocycles. The Kier molecular flexibility index (Phi) is 4.77. The monoisotopic (exact) mass is 328 g/mol. The van der Waals surface area contributed by atoms with Crippen molar-refractivity contribution in [3.8, 4) is 0 Å². The fourth-order valence-electron chi connectivity index (χ4n) is 2.58. The topological polar surface area (TPSA) is 118 Å². The Morgan fingerprint density at radius 2 is 2.05 bits per heavy atom. The van der Waals surface area contributed by atoms with Gasteiger partial charge in [-0.3, -0.25) is 14.9 Å². The van der Waals surface area contributed by atoms with E-state index in [0.717, 1.165) is 4.31 Å². The second-order valence-corrected chi connectivity index (χ2v) is 7.02. The van der Waals surface area contributed by atoms with Crippen molar-refractivity contribution < 1.29 is 23.2 Å². The summed E-state index contributed by atoms with van der Waals surface area (Å²) in [5.41, 5.74) is -0.225. The number of nitro groups is 1. The minimum absolute atomic E-state index is 0.0576. The Labute approximate surface area is 127 Å². The van der Waals surface area contributed by atoms with Crippen LogP contribution in [0.5, 0.6) is 0 Å². The summed E-state index contributed by atoms with van der Waals surface area (Å²) in [6.45, 7) is 0.125. The molecular formula is C13H16N2O6S. The maximum Gasteiger partial charge on any atom is 0.322 e. The van der Waals surface area contributed by atoms with Crippen molar-refractivity contribution >= 4 is 21.7 Å². The summed E-state index contributed by atoms with van der Waals surface area (Å²) in [5.74, 6) is -1.76. The molecular weight excluding hydrogens is 312 g/mol. The maximum atomic E-state index is 12.5. The molecule has 2 rings (SSSR count). The predicted octanol–water partition coefficient (Wildman–Crippen LogP) is 1.36. The molecule has 0 aliphatic carbocycles. The lowest BCUT2D eigenvalue weighted by molar-refractivity contribution is -0.385. The molecule has 1 aromatic carbocycles. The highest BCUT2D eigenvalue weighted by Gasteiger charge is 2.37. The molecule has 9 heteroatoms. The van der Waals surface area contributed by atoms with Crippen LogP contribution in [-0.4, -0.2) is 41.3 Å². The van der Waals surface area contributed by atoms with Crippen molar-refractivity contribution in [2.75, 3.05) is 6.54 Å². The molecule has 1 N–H and O–H groups in total. The van der Waals surface area contributed by atoms with Gasteiger partial charge in [0.1, 0.15) is 6.04 Å².